The maximum absolute atomic E-state index is 5.54. The molecule has 0 amide bonds. The van der Waals surface area contributed by atoms with E-state index in [0.29, 0.717) is 0 Å². The van der Waals surface area contributed by atoms with Crippen molar-refractivity contribution in [3.63, 3.8) is 0 Å². The summed E-state index contributed by atoms with van der Waals surface area (Å²) >= 11 is 0. The molecule has 0 spiro atoms. The second-order valence-corrected chi connectivity index (χ2v) is 8.05. The molecular formula is C23H40IN5O. The molecule has 0 aromatic heterocycles. The molecule has 0 saturated carbocycles. The third-order valence-corrected chi connectivity index (χ3v) is 6.29. The number of ether oxygens (including phenoxy) is 1. The standard InChI is InChI=1S/C23H39N5O.HI/c1-4-24-23(25-13-10-20-11-14-26(5-2)15-12-20)28-18-16-27(17-19-28)21-8-6-7-9-22(21)29-3;/h6-9,20H,4-5,10-19H2,1-3H3,(H,24,25);1H. The Bertz CT molecular complexity index is 640. The number of para-hydroxylation sites is 2. The van der Waals surface area contributed by atoms with Gasteiger partial charge in [0.2, 0.25) is 0 Å². The Hall–Kier alpha value is -1.22. The molecule has 0 aliphatic carbocycles. The van der Waals surface area contributed by atoms with E-state index in [4.69, 9.17) is 9.73 Å². The van der Waals surface area contributed by atoms with Crippen LogP contribution in [0.1, 0.15) is 33.1 Å². The van der Waals surface area contributed by atoms with Gasteiger partial charge in [0.1, 0.15) is 5.75 Å². The fourth-order valence-electron chi connectivity index (χ4n) is 4.42. The maximum Gasteiger partial charge on any atom is 0.194 e. The van der Waals surface area contributed by atoms with Crippen LogP contribution in [-0.4, -0.2) is 81.8 Å². The molecule has 30 heavy (non-hydrogen) atoms. The van der Waals surface area contributed by atoms with Crippen LogP contribution in [0.5, 0.6) is 5.75 Å². The van der Waals surface area contributed by atoms with Crippen LogP contribution in [0.2, 0.25) is 0 Å². The Labute approximate surface area is 200 Å². The number of hydrogen-bond acceptors (Lipinski definition) is 4. The summed E-state index contributed by atoms with van der Waals surface area (Å²) in [5.74, 6) is 2.88. The van der Waals surface area contributed by atoms with Crippen molar-refractivity contribution in [3.05, 3.63) is 24.3 Å². The van der Waals surface area contributed by atoms with Gasteiger partial charge in [-0.25, -0.2) is 0 Å². The predicted octanol–water partition coefficient (Wildman–Crippen LogP) is 3.52. The summed E-state index contributed by atoms with van der Waals surface area (Å²) < 4.78 is 5.54. The van der Waals surface area contributed by atoms with E-state index >= 15 is 0 Å². The molecule has 0 radical (unpaired) electrons. The van der Waals surface area contributed by atoms with Gasteiger partial charge in [-0.3, -0.25) is 4.99 Å². The number of nitrogens with one attached hydrogen (secondary N) is 1. The highest BCUT2D eigenvalue weighted by Crippen LogP contribution is 2.28. The molecule has 2 saturated heterocycles. The highest BCUT2D eigenvalue weighted by molar-refractivity contribution is 14.0. The Morgan fingerprint density at radius 2 is 1.77 bits per heavy atom. The minimum absolute atomic E-state index is 0. The van der Waals surface area contributed by atoms with Crippen molar-refractivity contribution in [1.29, 1.82) is 0 Å². The van der Waals surface area contributed by atoms with E-state index in [1.165, 1.54) is 44.6 Å². The fraction of sp³-hybridized carbons (Fsp3) is 0.696. The van der Waals surface area contributed by atoms with Crippen LogP contribution in [0, 0.1) is 5.92 Å². The summed E-state index contributed by atoms with van der Waals surface area (Å²) in [6.45, 7) is 13.9. The van der Waals surface area contributed by atoms with Crippen molar-refractivity contribution in [2.24, 2.45) is 10.9 Å². The lowest BCUT2D eigenvalue weighted by Crippen LogP contribution is -2.52. The van der Waals surface area contributed by atoms with Crippen LogP contribution in [0.15, 0.2) is 29.3 Å². The van der Waals surface area contributed by atoms with Gasteiger partial charge in [0.25, 0.3) is 0 Å². The van der Waals surface area contributed by atoms with Crippen LogP contribution in [0.25, 0.3) is 0 Å². The van der Waals surface area contributed by atoms with Gasteiger partial charge in [-0.15, -0.1) is 24.0 Å². The molecule has 2 heterocycles. The molecule has 3 rings (SSSR count). The number of aliphatic imine (C=N–C) groups is 1. The van der Waals surface area contributed by atoms with E-state index in [2.05, 4.69) is 46.0 Å². The van der Waals surface area contributed by atoms with Gasteiger partial charge in [-0.05, 0) is 63.9 Å². The first-order valence-electron chi connectivity index (χ1n) is 11.4. The van der Waals surface area contributed by atoms with E-state index in [1.54, 1.807) is 7.11 Å². The number of methoxy groups -OCH3 is 1. The van der Waals surface area contributed by atoms with Crippen LogP contribution in [0.4, 0.5) is 5.69 Å². The molecule has 0 bridgehead atoms. The first-order valence-corrected chi connectivity index (χ1v) is 11.4. The molecule has 2 aliphatic rings. The molecule has 2 fully saturated rings. The zero-order valence-electron chi connectivity index (χ0n) is 19.0. The number of nitrogens with zero attached hydrogens (tertiary/aromatic N) is 4. The first kappa shape index (κ1) is 25.0. The van der Waals surface area contributed by atoms with E-state index in [-0.39, 0.29) is 24.0 Å². The summed E-state index contributed by atoms with van der Waals surface area (Å²) in [5, 5.41) is 3.51. The van der Waals surface area contributed by atoms with Crippen molar-refractivity contribution in [2.75, 3.05) is 70.9 Å². The second kappa shape index (κ2) is 13.2. The van der Waals surface area contributed by atoms with E-state index in [0.717, 1.165) is 56.9 Å². The van der Waals surface area contributed by atoms with Crippen molar-refractivity contribution < 1.29 is 4.74 Å². The molecule has 1 aromatic carbocycles. The van der Waals surface area contributed by atoms with Gasteiger partial charge in [0.05, 0.1) is 12.8 Å². The van der Waals surface area contributed by atoms with E-state index < -0.39 is 0 Å². The summed E-state index contributed by atoms with van der Waals surface area (Å²) in [4.78, 5) is 12.4. The van der Waals surface area contributed by atoms with Crippen molar-refractivity contribution in [2.45, 2.75) is 33.1 Å². The topological polar surface area (TPSA) is 43.3 Å². The molecular weight excluding hydrogens is 489 g/mol. The SMILES string of the molecule is CCNC(=NCCC1CCN(CC)CC1)N1CCN(c2ccccc2OC)CC1.I. The van der Waals surface area contributed by atoms with Gasteiger partial charge in [-0.2, -0.15) is 0 Å². The Balaban J connectivity index is 0.00000320. The lowest BCUT2D eigenvalue weighted by atomic mass is 9.94. The van der Waals surface area contributed by atoms with Gasteiger partial charge in [0, 0.05) is 39.3 Å². The van der Waals surface area contributed by atoms with Crippen LogP contribution in [-0.2, 0) is 0 Å². The number of piperidine rings is 1. The number of benzene rings is 1. The number of guanidine groups is 1. The summed E-state index contributed by atoms with van der Waals surface area (Å²) in [6, 6.07) is 8.30. The Morgan fingerprint density at radius 3 is 2.40 bits per heavy atom. The van der Waals surface area contributed by atoms with Gasteiger partial charge in [-0.1, -0.05) is 19.1 Å². The second-order valence-electron chi connectivity index (χ2n) is 8.05. The molecule has 170 valence electrons. The number of likely N-dealkylation sites (tertiary alicyclic amines) is 1. The van der Waals surface area contributed by atoms with Crippen LogP contribution < -0.4 is 15.0 Å². The van der Waals surface area contributed by atoms with Crippen LogP contribution in [0.3, 0.4) is 0 Å². The largest absolute Gasteiger partial charge is 0.495 e. The number of rotatable bonds is 7. The normalized spacial score (nSPS) is 18.8. The predicted molar refractivity (Wildman–Crippen MR) is 138 cm³/mol. The minimum atomic E-state index is 0. The fourth-order valence-corrected chi connectivity index (χ4v) is 4.42. The lowest BCUT2D eigenvalue weighted by molar-refractivity contribution is 0.188. The minimum Gasteiger partial charge on any atom is -0.495 e. The van der Waals surface area contributed by atoms with Gasteiger partial charge < -0.3 is 24.8 Å². The van der Waals surface area contributed by atoms with Gasteiger partial charge >= 0.3 is 0 Å². The quantitative estimate of drug-likeness (QED) is 0.333. The molecule has 7 heteroatoms. The summed E-state index contributed by atoms with van der Waals surface area (Å²) in [6.07, 6.45) is 3.88. The molecule has 1 N–H and O–H groups in total. The third-order valence-electron chi connectivity index (χ3n) is 6.29. The average Bonchev–Trinajstić information content (AvgIpc) is 2.79. The molecule has 2 aliphatic heterocycles. The highest BCUT2D eigenvalue weighted by Gasteiger charge is 2.22. The smallest absolute Gasteiger partial charge is 0.194 e. The van der Waals surface area contributed by atoms with Gasteiger partial charge in [0.15, 0.2) is 5.96 Å². The highest BCUT2D eigenvalue weighted by atomic mass is 127. The number of halogens is 1. The zero-order valence-corrected chi connectivity index (χ0v) is 21.3. The van der Waals surface area contributed by atoms with Crippen molar-refractivity contribution >= 4 is 35.6 Å². The Morgan fingerprint density at radius 1 is 1.07 bits per heavy atom. The number of hydrogen-bond donors (Lipinski definition) is 1. The van der Waals surface area contributed by atoms with Crippen molar-refractivity contribution in [1.82, 2.24) is 15.1 Å². The molecule has 1 aromatic rings. The molecule has 0 atom stereocenters. The Kier molecular flexibility index (Phi) is 11.1. The summed E-state index contributed by atoms with van der Waals surface area (Å²) in [5.41, 5.74) is 1.19. The van der Waals surface area contributed by atoms with E-state index in [9.17, 15) is 0 Å². The third kappa shape index (κ3) is 6.90. The average molecular weight is 530 g/mol. The van der Waals surface area contributed by atoms with Crippen molar-refractivity contribution in [3.8, 4) is 5.75 Å². The van der Waals surface area contributed by atoms with Crippen LogP contribution >= 0.6 is 24.0 Å². The lowest BCUT2D eigenvalue weighted by Gasteiger charge is -2.38. The van der Waals surface area contributed by atoms with E-state index in [1.807, 2.05) is 12.1 Å². The number of piperazine rings is 1. The maximum atomic E-state index is 5.54. The number of anilines is 1. The molecule has 0 unspecified atom stereocenters. The zero-order chi connectivity index (χ0) is 20.5. The molecule has 6 nitrogen and oxygen atoms in total. The summed E-state index contributed by atoms with van der Waals surface area (Å²) in [7, 11) is 1.75. The monoisotopic (exact) mass is 529 g/mol. The first-order chi connectivity index (χ1) is 14.2.